The van der Waals surface area contributed by atoms with Crippen molar-refractivity contribution < 1.29 is 8.42 Å². The summed E-state index contributed by atoms with van der Waals surface area (Å²) in [6.07, 6.45) is 1.05. The number of benzene rings is 1. The Bertz CT molecular complexity index is 681. The summed E-state index contributed by atoms with van der Waals surface area (Å²) in [6.45, 7) is 3.70. The number of thiophene rings is 1. The zero-order valence-corrected chi connectivity index (χ0v) is 14.0. The molecule has 0 atom stereocenters. The molecule has 114 valence electrons. The SMILES string of the molecule is CCCNCc1ccc(S(=O)(=O)Nc2ccc(Cl)cc2)s1. The van der Waals surface area contributed by atoms with E-state index in [2.05, 4.69) is 17.0 Å². The number of sulfonamides is 1. The third-order valence-electron chi connectivity index (χ3n) is 2.72. The van der Waals surface area contributed by atoms with Gasteiger partial charge >= 0.3 is 0 Å². The normalized spacial score (nSPS) is 11.5. The van der Waals surface area contributed by atoms with Crippen LogP contribution in [0.15, 0.2) is 40.6 Å². The van der Waals surface area contributed by atoms with E-state index >= 15 is 0 Å². The highest BCUT2D eigenvalue weighted by molar-refractivity contribution is 7.94. The van der Waals surface area contributed by atoms with Crippen molar-refractivity contribution >= 4 is 38.6 Å². The maximum atomic E-state index is 12.3. The summed E-state index contributed by atoms with van der Waals surface area (Å²) in [4.78, 5) is 1.000. The first-order valence-electron chi connectivity index (χ1n) is 6.59. The largest absolute Gasteiger partial charge is 0.312 e. The van der Waals surface area contributed by atoms with Crippen LogP contribution < -0.4 is 10.0 Å². The lowest BCUT2D eigenvalue weighted by molar-refractivity contribution is 0.603. The molecule has 2 aromatic rings. The molecule has 0 unspecified atom stereocenters. The van der Waals surface area contributed by atoms with Crippen LogP contribution in [0.5, 0.6) is 0 Å². The van der Waals surface area contributed by atoms with Gasteiger partial charge in [0.05, 0.1) is 0 Å². The van der Waals surface area contributed by atoms with Gasteiger partial charge in [-0.2, -0.15) is 0 Å². The quantitative estimate of drug-likeness (QED) is 0.753. The Hall–Kier alpha value is -1.08. The van der Waals surface area contributed by atoms with E-state index in [1.807, 2.05) is 6.07 Å². The molecule has 4 nitrogen and oxygen atoms in total. The van der Waals surface area contributed by atoms with Crippen molar-refractivity contribution in [3.63, 3.8) is 0 Å². The minimum atomic E-state index is -3.54. The standard InChI is InChI=1S/C14H17ClN2O2S2/c1-2-9-16-10-13-7-8-14(20-13)21(18,19)17-12-5-3-11(15)4-6-12/h3-8,16-17H,2,9-10H2,1H3. The second kappa shape index (κ2) is 7.26. The third-order valence-corrected chi connectivity index (χ3v) is 5.93. The topological polar surface area (TPSA) is 58.2 Å². The Morgan fingerprint density at radius 1 is 1.14 bits per heavy atom. The van der Waals surface area contributed by atoms with Gasteiger partial charge in [0, 0.05) is 22.1 Å². The van der Waals surface area contributed by atoms with E-state index in [0.717, 1.165) is 17.8 Å². The molecule has 0 aliphatic rings. The monoisotopic (exact) mass is 344 g/mol. The summed E-state index contributed by atoms with van der Waals surface area (Å²) in [5.74, 6) is 0. The average Bonchev–Trinajstić information content (AvgIpc) is 2.91. The van der Waals surface area contributed by atoms with Crippen LogP contribution in [0.1, 0.15) is 18.2 Å². The molecule has 0 fully saturated rings. The van der Waals surface area contributed by atoms with Crippen LogP contribution in [0.25, 0.3) is 0 Å². The predicted octanol–water partition coefficient (Wildman–Crippen LogP) is 3.70. The van der Waals surface area contributed by atoms with Crippen molar-refractivity contribution in [2.45, 2.75) is 24.1 Å². The molecule has 0 saturated heterocycles. The number of hydrogen-bond donors (Lipinski definition) is 2. The first-order valence-corrected chi connectivity index (χ1v) is 9.27. The first-order chi connectivity index (χ1) is 10.0. The second-order valence-electron chi connectivity index (χ2n) is 4.51. The molecule has 1 heterocycles. The summed E-state index contributed by atoms with van der Waals surface area (Å²) in [5, 5.41) is 3.82. The van der Waals surface area contributed by atoms with E-state index in [1.54, 1.807) is 30.3 Å². The molecule has 0 aliphatic carbocycles. The van der Waals surface area contributed by atoms with Crippen LogP contribution in [0.3, 0.4) is 0 Å². The zero-order valence-electron chi connectivity index (χ0n) is 11.6. The van der Waals surface area contributed by atoms with Crippen molar-refractivity contribution in [1.29, 1.82) is 0 Å². The van der Waals surface area contributed by atoms with Gasteiger partial charge in [-0.3, -0.25) is 4.72 Å². The van der Waals surface area contributed by atoms with E-state index in [4.69, 9.17) is 11.6 Å². The molecular weight excluding hydrogens is 328 g/mol. The molecule has 1 aromatic heterocycles. The van der Waals surface area contributed by atoms with Gasteiger partial charge in [-0.05, 0) is 49.4 Å². The Morgan fingerprint density at radius 2 is 1.86 bits per heavy atom. The van der Waals surface area contributed by atoms with Gasteiger partial charge in [0.1, 0.15) is 4.21 Å². The van der Waals surface area contributed by atoms with Crippen LogP contribution in [0, 0.1) is 0 Å². The van der Waals surface area contributed by atoms with Crippen molar-refractivity contribution in [2.24, 2.45) is 0 Å². The first kappa shape index (κ1) is 16.3. The number of halogens is 1. The van der Waals surface area contributed by atoms with E-state index in [-0.39, 0.29) is 0 Å². The highest BCUT2D eigenvalue weighted by atomic mass is 35.5. The number of rotatable bonds is 7. The summed E-state index contributed by atoms with van der Waals surface area (Å²) in [6, 6.07) is 10.0. The molecule has 1 aromatic carbocycles. The van der Waals surface area contributed by atoms with Crippen LogP contribution in [0.4, 0.5) is 5.69 Å². The molecule has 0 spiro atoms. The number of hydrogen-bond acceptors (Lipinski definition) is 4. The molecule has 21 heavy (non-hydrogen) atoms. The Balaban J connectivity index is 2.07. The average molecular weight is 345 g/mol. The highest BCUT2D eigenvalue weighted by Gasteiger charge is 2.16. The highest BCUT2D eigenvalue weighted by Crippen LogP contribution is 2.24. The maximum Gasteiger partial charge on any atom is 0.271 e. The number of anilines is 1. The van der Waals surface area contributed by atoms with Crippen molar-refractivity contribution in [2.75, 3.05) is 11.3 Å². The minimum absolute atomic E-state index is 0.311. The lowest BCUT2D eigenvalue weighted by Gasteiger charge is -2.06. The van der Waals surface area contributed by atoms with E-state index in [0.29, 0.717) is 21.5 Å². The van der Waals surface area contributed by atoms with Gasteiger partial charge in [0.15, 0.2) is 0 Å². The Morgan fingerprint density at radius 3 is 2.52 bits per heavy atom. The molecule has 0 radical (unpaired) electrons. The van der Waals surface area contributed by atoms with Crippen LogP contribution in [0.2, 0.25) is 5.02 Å². The van der Waals surface area contributed by atoms with Crippen molar-refractivity contribution in [1.82, 2.24) is 5.32 Å². The fourth-order valence-electron chi connectivity index (χ4n) is 1.71. The van der Waals surface area contributed by atoms with Crippen LogP contribution in [-0.2, 0) is 16.6 Å². The molecule has 2 N–H and O–H groups in total. The number of nitrogens with one attached hydrogen (secondary N) is 2. The summed E-state index contributed by atoms with van der Waals surface area (Å²) < 4.78 is 27.4. The zero-order chi connectivity index (χ0) is 15.3. The smallest absolute Gasteiger partial charge is 0.271 e. The summed E-state index contributed by atoms with van der Waals surface area (Å²) in [5.41, 5.74) is 0.499. The second-order valence-corrected chi connectivity index (χ2v) is 8.02. The molecular formula is C14H17ClN2O2S2. The van der Waals surface area contributed by atoms with E-state index < -0.39 is 10.0 Å². The van der Waals surface area contributed by atoms with Gasteiger partial charge in [0.25, 0.3) is 10.0 Å². The fraction of sp³-hybridized carbons (Fsp3) is 0.286. The van der Waals surface area contributed by atoms with Gasteiger partial charge in [-0.15, -0.1) is 11.3 Å². The molecule has 0 bridgehead atoms. The molecule has 2 rings (SSSR count). The van der Waals surface area contributed by atoms with Gasteiger partial charge < -0.3 is 5.32 Å². The van der Waals surface area contributed by atoms with Crippen LogP contribution >= 0.6 is 22.9 Å². The van der Waals surface area contributed by atoms with E-state index in [1.165, 1.54) is 11.3 Å². The molecule has 0 amide bonds. The van der Waals surface area contributed by atoms with Crippen molar-refractivity contribution in [3.8, 4) is 0 Å². The summed E-state index contributed by atoms with van der Waals surface area (Å²) in [7, 11) is -3.54. The third kappa shape index (κ3) is 4.71. The predicted molar refractivity (Wildman–Crippen MR) is 88.6 cm³/mol. The Kier molecular flexibility index (Phi) is 5.64. The van der Waals surface area contributed by atoms with Gasteiger partial charge in [-0.25, -0.2) is 8.42 Å². The molecule has 0 aliphatic heterocycles. The van der Waals surface area contributed by atoms with Gasteiger partial charge in [-0.1, -0.05) is 18.5 Å². The fourth-order valence-corrected chi connectivity index (χ4v) is 4.22. The minimum Gasteiger partial charge on any atom is -0.312 e. The molecule has 7 heteroatoms. The lowest BCUT2D eigenvalue weighted by Crippen LogP contribution is -2.13. The van der Waals surface area contributed by atoms with Crippen molar-refractivity contribution in [3.05, 3.63) is 46.3 Å². The van der Waals surface area contributed by atoms with Gasteiger partial charge in [0.2, 0.25) is 0 Å². The van der Waals surface area contributed by atoms with E-state index in [9.17, 15) is 8.42 Å². The summed E-state index contributed by atoms with van der Waals surface area (Å²) >= 11 is 7.06. The lowest BCUT2D eigenvalue weighted by atomic mass is 10.3. The Labute approximate surface area is 134 Å². The molecule has 0 saturated carbocycles. The van der Waals surface area contributed by atoms with Crippen LogP contribution in [-0.4, -0.2) is 15.0 Å². The maximum absolute atomic E-state index is 12.3.